The third-order valence-electron chi connectivity index (χ3n) is 3.78. The van der Waals surface area contributed by atoms with E-state index >= 15 is 0 Å². The first kappa shape index (κ1) is 15.7. The number of hydrogen-bond donors (Lipinski definition) is 1. The van der Waals surface area contributed by atoms with Crippen LogP contribution < -0.4 is 5.32 Å². The zero-order valence-electron chi connectivity index (χ0n) is 11.8. The normalized spacial score (nSPS) is 23.8. The highest BCUT2D eigenvalue weighted by Gasteiger charge is 2.31. The molecular formula is C14H29NS2. The molecule has 0 radical (unpaired) electrons. The molecule has 17 heavy (non-hydrogen) atoms. The Balaban J connectivity index is 2.01. The lowest BCUT2D eigenvalue weighted by Gasteiger charge is -2.39. The van der Waals surface area contributed by atoms with E-state index in [0.717, 1.165) is 6.04 Å². The topological polar surface area (TPSA) is 12.0 Å². The second-order valence-corrected chi connectivity index (χ2v) is 7.86. The van der Waals surface area contributed by atoms with Crippen molar-refractivity contribution < 1.29 is 0 Å². The van der Waals surface area contributed by atoms with E-state index in [2.05, 4.69) is 37.2 Å². The van der Waals surface area contributed by atoms with E-state index in [1.807, 2.05) is 11.8 Å². The maximum atomic E-state index is 3.78. The van der Waals surface area contributed by atoms with E-state index in [1.165, 1.54) is 55.9 Å². The molecule has 1 N–H and O–H groups in total. The van der Waals surface area contributed by atoms with E-state index in [-0.39, 0.29) is 0 Å². The van der Waals surface area contributed by atoms with Crippen LogP contribution in [0.2, 0.25) is 0 Å². The van der Waals surface area contributed by atoms with Gasteiger partial charge in [-0.1, -0.05) is 26.7 Å². The van der Waals surface area contributed by atoms with Crippen molar-refractivity contribution in [1.29, 1.82) is 0 Å². The van der Waals surface area contributed by atoms with E-state index in [1.54, 1.807) is 0 Å². The highest BCUT2D eigenvalue weighted by Crippen LogP contribution is 2.34. The number of rotatable bonds is 8. The highest BCUT2D eigenvalue weighted by atomic mass is 32.2. The van der Waals surface area contributed by atoms with Crippen LogP contribution in [0.15, 0.2) is 0 Å². The second kappa shape index (κ2) is 8.71. The standard InChI is InChI=1S/C14H29NS2/c1-14(2)8-11-17-12-13(14)15-9-6-4-5-7-10-16-3/h13,15H,4-12H2,1-3H3. The molecule has 1 aliphatic heterocycles. The largest absolute Gasteiger partial charge is 0.313 e. The lowest BCUT2D eigenvalue weighted by atomic mass is 9.82. The molecule has 0 aliphatic carbocycles. The molecule has 1 saturated heterocycles. The third-order valence-corrected chi connectivity index (χ3v) is 5.54. The minimum atomic E-state index is 0.504. The van der Waals surface area contributed by atoms with Crippen LogP contribution in [-0.4, -0.2) is 36.1 Å². The van der Waals surface area contributed by atoms with Crippen molar-refractivity contribution in [3.63, 3.8) is 0 Å². The number of thioether (sulfide) groups is 2. The summed E-state index contributed by atoms with van der Waals surface area (Å²) in [4.78, 5) is 0. The van der Waals surface area contributed by atoms with Crippen molar-refractivity contribution in [3.05, 3.63) is 0 Å². The summed E-state index contributed by atoms with van der Waals surface area (Å²) >= 11 is 4.08. The molecule has 3 heteroatoms. The van der Waals surface area contributed by atoms with Gasteiger partial charge >= 0.3 is 0 Å². The lowest BCUT2D eigenvalue weighted by Crippen LogP contribution is -2.46. The van der Waals surface area contributed by atoms with Gasteiger partial charge < -0.3 is 5.32 Å². The number of hydrogen-bond acceptors (Lipinski definition) is 3. The van der Waals surface area contributed by atoms with E-state index in [0.29, 0.717) is 5.41 Å². The van der Waals surface area contributed by atoms with Gasteiger partial charge in [0.15, 0.2) is 0 Å². The fourth-order valence-electron chi connectivity index (χ4n) is 2.27. The molecule has 0 amide bonds. The summed E-state index contributed by atoms with van der Waals surface area (Å²) in [6.07, 6.45) is 9.12. The van der Waals surface area contributed by atoms with Crippen molar-refractivity contribution in [2.75, 3.05) is 30.1 Å². The van der Waals surface area contributed by atoms with Crippen LogP contribution in [0.4, 0.5) is 0 Å². The summed E-state index contributed by atoms with van der Waals surface area (Å²) in [6.45, 7) is 6.06. The molecule has 0 aromatic rings. The molecule has 1 nitrogen and oxygen atoms in total. The average molecular weight is 276 g/mol. The van der Waals surface area contributed by atoms with Crippen molar-refractivity contribution in [2.24, 2.45) is 5.41 Å². The molecule has 0 aromatic heterocycles. The summed E-state index contributed by atoms with van der Waals surface area (Å²) in [6, 6.07) is 0.729. The average Bonchev–Trinajstić information content (AvgIpc) is 2.29. The molecule has 1 atom stereocenters. The van der Waals surface area contributed by atoms with Crippen LogP contribution in [0.3, 0.4) is 0 Å². The molecule has 1 aliphatic rings. The smallest absolute Gasteiger partial charge is 0.0209 e. The monoisotopic (exact) mass is 275 g/mol. The minimum absolute atomic E-state index is 0.504. The summed E-state index contributed by atoms with van der Waals surface area (Å²) in [5, 5.41) is 3.78. The molecule has 0 aromatic carbocycles. The summed E-state index contributed by atoms with van der Waals surface area (Å²) in [5.74, 6) is 3.99. The molecule has 1 rings (SSSR count). The fourth-order valence-corrected chi connectivity index (χ4v) is 4.41. The summed E-state index contributed by atoms with van der Waals surface area (Å²) in [7, 11) is 0. The molecule has 102 valence electrons. The van der Waals surface area contributed by atoms with Gasteiger partial charge in [0.2, 0.25) is 0 Å². The van der Waals surface area contributed by atoms with Crippen LogP contribution in [0.5, 0.6) is 0 Å². The third kappa shape index (κ3) is 6.40. The number of nitrogens with one attached hydrogen (secondary N) is 1. The highest BCUT2D eigenvalue weighted by molar-refractivity contribution is 7.99. The molecule has 0 spiro atoms. The van der Waals surface area contributed by atoms with Gasteiger partial charge in [-0.25, -0.2) is 0 Å². The van der Waals surface area contributed by atoms with Crippen LogP contribution >= 0.6 is 23.5 Å². The maximum Gasteiger partial charge on any atom is 0.0209 e. The Morgan fingerprint density at radius 2 is 2.00 bits per heavy atom. The molecule has 1 fully saturated rings. The van der Waals surface area contributed by atoms with Crippen LogP contribution in [0, 0.1) is 5.41 Å². The quantitative estimate of drug-likeness (QED) is 0.672. The fraction of sp³-hybridized carbons (Fsp3) is 1.00. The van der Waals surface area contributed by atoms with Gasteiger partial charge in [0.25, 0.3) is 0 Å². The maximum absolute atomic E-state index is 3.78. The van der Waals surface area contributed by atoms with Crippen LogP contribution in [0.25, 0.3) is 0 Å². The molecule has 0 bridgehead atoms. The van der Waals surface area contributed by atoms with Crippen LogP contribution in [0.1, 0.15) is 46.0 Å². The Kier molecular flexibility index (Phi) is 8.05. The van der Waals surface area contributed by atoms with Gasteiger partial charge in [0.1, 0.15) is 0 Å². The Morgan fingerprint density at radius 3 is 2.71 bits per heavy atom. The summed E-state index contributed by atoms with van der Waals surface area (Å²) in [5.41, 5.74) is 0.504. The van der Waals surface area contributed by atoms with E-state index < -0.39 is 0 Å². The van der Waals surface area contributed by atoms with Crippen molar-refractivity contribution in [1.82, 2.24) is 5.32 Å². The van der Waals surface area contributed by atoms with Crippen molar-refractivity contribution in [2.45, 2.75) is 52.0 Å². The first-order valence-corrected chi connectivity index (χ1v) is 9.52. The first-order valence-electron chi connectivity index (χ1n) is 6.97. The minimum Gasteiger partial charge on any atom is -0.313 e. The predicted octanol–water partition coefficient (Wildman–Crippen LogP) is 4.03. The van der Waals surface area contributed by atoms with E-state index in [4.69, 9.17) is 0 Å². The van der Waals surface area contributed by atoms with Crippen molar-refractivity contribution >= 4 is 23.5 Å². The van der Waals surface area contributed by atoms with Crippen LogP contribution in [-0.2, 0) is 0 Å². The molecular weight excluding hydrogens is 246 g/mol. The van der Waals surface area contributed by atoms with Gasteiger partial charge in [-0.05, 0) is 49.0 Å². The lowest BCUT2D eigenvalue weighted by molar-refractivity contribution is 0.245. The van der Waals surface area contributed by atoms with Crippen molar-refractivity contribution in [3.8, 4) is 0 Å². The second-order valence-electron chi connectivity index (χ2n) is 5.73. The molecule has 1 unspecified atom stereocenters. The zero-order chi connectivity index (χ0) is 12.6. The Morgan fingerprint density at radius 1 is 1.24 bits per heavy atom. The van der Waals surface area contributed by atoms with E-state index in [9.17, 15) is 0 Å². The summed E-state index contributed by atoms with van der Waals surface area (Å²) < 4.78 is 0. The Labute approximate surface area is 116 Å². The van der Waals surface area contributed by atoms with Gasteiger partial charge in [-0.15, -0.1) is 0 Å². The van der Waals surface area contributed by atoms with Gasteiger partial charge in [0, 0.05) is 11.8 Å². The van der Waals surface area contributed by atoms with Gasteiger partial charge in [-0.3, -0.25) is 0 Å². The molecule has 1 heterocycles. The SMILES string of the molecule is CSCCCCCCNC1CSCCC1(C)C. The Bertz CT molecular complexity index is 195. The predicted molar refractivity (Wildman–Crippen MR) is 84.4 cm³/mol. The first-order chi connectivity index (χ1) is 8.17. The van der Waals surface area contributed by atoms with Gasteiger partial charge in [-0.2, -0.15) is 23.5 Å². The Hall–Kier alpha value is 0.660. The zero-order valence-corrected chi connectivity index (χ0v) is 13.4. The van der Waals surface area contributed by atoms with Gasteiger partial charge in [0.05, 0.1) is 0 Å². The molecule has 0 saturated carbocycles. The number of unbranched alkanes of at least 4 members (excludes halogenated alkanes) is 3.